The first-order valence-corrected chi connectivity index (χ1v) is 8.82. The molecule has 1 heterocycles. The molecule has 0 aliphatic carbocycles. The van der Waals surface area contributed by atoms with Crippen molar-refractivity contribution in [3.05, 3.63) is 29.8 Å². The standard InChI is InChI=1S/C19H24F3NO5/c1-18(2,3)28-17(25)23-10-9-14(11-15(23)16(24)26-4)27-13-7-5-12(6-8-13)19(20,21)22/h5-8,14-15H,9-11H2,1-4H3/t14-,15+/m1/s1. The Labute approximate surface area is 161 Å². The van der Waals surface area contributed by atoms with Crippen LogP contribution < -0.4 is 4.74 Å². The lowest BCUT2D eigenvalue weighted by molar-refractivity contribution is -0.149. The molecule has 1 saturated heterocycles. The number of halogens is 3. The Morgan fingerprint density at radius 3 is 2.21 bits per heavy atom. The first-order valence-electron chi connectivity index (χ1n) is 8.82. The van der Waals surface area contributed by atoms with Crippen LogP contribution >= 0.6 is 0 Å². The van der Waals surface area contributed by atoms with Gasteiger partial charge < -0.3 is 14.2 Å². The van der Waals surface area contributed by atoms with E-state index in [1.807, 2.05) is 0 Å². The molecule has 0 unspecified atom stereocenters. The largest absolute Gasteiger partial charge is 0.490 e. The topological polar surface area (TPSA) is 65.1 Å². The molecule has 0 radical (unpaired) electrons. The molecule has 2 rings (SSSR count). The molecule has 2 atom stereocenters. The second-order valence-electron chi connectivity index (χ2n) is 7.50. The third-order valence-electron chi connectivity index (χ3n) is 4.14. The van der Waals surface area contributed by atoms with Gasteiger partial charge in [0.2, 0.25) is 0 Å². The van der Waals surface area contributed by atoms with Crippen molar-refractivity contribution in [2.24, 2.45) is 0 Å². The Balaban J connectivity index is 2.07. The summed E-state index contributed by atoms with van der Waals surface area (Å²) in [6.45, 7) is 5.36. The van der Waals surface area contributed by atoms with E-state index in [1.54, 1.807) is 20.8 Å². The number of hydrogen-bond acceptors (Lipinski definition) is 5. The van der Waals surface area contributed by atoms with E-state index in [9.17, 15) is 22.8 Å². The molecule has 28 heavy (non-hydrogen) atoms. The van der Waals surface area contributed by atoms with Gasteiger partial charge in [0, 0.05) is 19.4 Å². The lowest BCUT2D eigenvalue weighted by Crippen LogP contribution is -2.53. The number of hydrogen-bond donors (Lipinski definition) is 0. The van der Waals surface area contributed by atoms with Crippen LogP contribution in [0.1, 0.15) is 39.2 Å². The summed E-state index contributed by atoms with van der Waals surface area (Å²) in [5.41, 5.74) is -1.49. The summed E-state index contributed by atoms with van der Waals surface area (Å²) in [6, 6.07) is 3.44. The van der Waals surface area contributed by atoms with Gasteiger partial charge in [-0.15, -0.1) is 0 Å². The zero-order valence-corrected chi connectivity index (χ0v) is 16.2. The van der Waals surface area contributed by atoms with Crippen molar-refractivity contribution in [2.45, 2.75) is 57.5 Å². The number of carbonyl (C=O) groups excluding carboxylic acids is 2. The average Bonchev–Trinajstić information content (AvgIpc) is 2.59. The van der Waals surface area contributed by atoms with E-state index in [0.29, 0.717) is 6.42 Å². The molecule has 1 aromatic rings. The minimum Gasteiger partial charge on any atom is -0.490 e. The Bertz CT molecular complexity index is 697. The van der Waals surface area contributed by atoms with E-state index in [1.165, 1.54) is 24.1 Å². The Kier molecular flexibility index (Phi) is 6.46. The lowest BCUT2D eigenvalue weighted by Gasteiger charge is -2.38. The van der Waals surface area contributed by atoms with Gasteiger partial charge in [-0.1, -0.05) is 0 Å². The molecule has 1 aromatic carbocycles. The van der Waals surface area contributed by atoms with Crippen LogP contribution in [0.15, 0.2) is 24.3 Å². The van der Waals surface area contributed by atoms with Gasteiger partial charge in [0.1, 0.15) is 23.5 Å². The summed E-state index contributed by atoms with van der Waals surface area (Å²) in [4.78, 5) is 25.8. The zero-order chi connectivity index (χ0) is 21.1. The van der Waals surface area contributed by atoms with Gasteiger partial charge in [0.25, 0.3) is 0 Å². The van der Waals surface area contributed by atoms with Gasteiger partial charge in [-0.05, 0) is 45.0 Å². The van der Waals surface area contributed by atoms with Crippen molar-refractivity contribution in [1.82, 2.24) is 4.90 Å². The second kappa shape index (κ2) is 8.28. The van der Waals surface area contributed by atoms with Gasteiger partial charge in [0.15, 0.2) is 0 Å². The third-order valence-corrected chi connectivity index (χ3v) is 4.14. The minimum absolute atomic E-state index is 0.146. The number of ether oxygens (including phenoxy) is 3. The van der Waals surface area contributed by atoms with E-state index in [2.05, 4.69) is 0 Å². The van der Waals surface area contributed by atoms with Crippen LogP contribution in [0.3, 0.4) is 0 Å². The van der Waals surface area contributed by atoms with Crippen molar-refractivity contribution in [1.29, 1.82) is 0 Å². The van der Waals surface area contributed by atoms with Crippen LogP contribution in [0.2, 0.25) is 0 Å². The molecule has 1 fully saturated rings. The molecule has 0 saturated carbocycles. The number of nitrogens with zero attached hydrogens (tertiary/aromatic N) is 1. The van der Waals surface area contributed by atoms with E-state index < -0.39 is 41.5 Å². The van der Waals surface area contributed by atoms with Gasteiger partial charge in [-0.2, -0.15) is 13.2 Å². The summed E-state index contributed by atoms with van der Waals surface area (Å²) in [5.74, 6) is -0.348. The molecule has 9 heteroatoms. The van der Waals surface area contributed by atoms with Gasteiger partial charge in [-0.25, -0.2) is 9.59 Å². The molecule has 1 aliphatic rings. The van der Waals surface area contributed by atoms with E-state index >= 15 is 0 Å². The maximum Gasteiger partial charge on any atom is 0.416 e. The molecule has 156 valence electrons. The number of amides is 1. The van der Waals surface area contributed by atoms with E-state index in [-0.39, 0.29) is 18.7 Å². The summed E-state index contributed by atoms with van der Waals surface area (Å²) < 4.78 is 53.8. The fraction of sp³-hybridized carbons (Fsp3) is 0.579. The summed E-state index contributed by atoms with van der Waals surface area (Å²) in [7, 11) is 1.22. The Hall–Kier alpha value is -2.45. The monoisotopic (exact) mass is 403 g/mol. The number of benzene rings is 1. The molecular formula is C19H24F3NO5. The normalized spacial score (nSPS) is 20.5. The number of likely N-dealkylation sites (tertiary alicyclic amines) is 1. The highest BCUT2D eigenvalue weighted by Crippen LogP contribution is 2.31. The predicted molar refractivity (Wildman–Crippen MR) is 93.8 cm³/mol. The van der Waals surface area contributed by atoms with Crippen LogP contribution in [-0.4, -0.2) is 48.4 Å². The van der Waals surface area contributed by atoms with E-state index in [4.69, 9.17) is 14.2 Å². The molecule has 6 nitrogen and oxygen atoms in total. The van der Waals surface area contributed by atoms with Crippen molar-refractivity contribution < 1.29 is 37.0 Å². The maximum absolute atomic E-state index is 12.7. The molecule has 0 spiro atoms. The van der Waals surface area contributed by atoms with Gasteiger partial charge in [-0.3, -0.25) is 4.90 Å². The maximum atomic E-state index is 12.7. The van der Waals surface area contributed by atoms with Gasteiger partial charge in [0.05, 0.1) is 12.7 Å². The predicted octanol–water partition coefficient (Wildman–Crippen LogP) is 4.03. The van der Waals surface area contributed by atoms with Gasteiger partial charge >= 0.3 is 18.2 Å². The first-order chi connectivity index (χ1) is 12.9. The van der Waals surface area contributed by atoms with Crippen molar-refractivity contribution in [2.75, 3.05) is 13.7 Å². The summed E-state index contributed by atoms with van der Waals surface area (Å²) >= 11 is 0. The van der Waals surface area contributed by atoms with E-state index in [0.717, 1.165) is 12.1 Å². The van der Waals surface area contributed by atoms with Crippen LogP contribution in [0.4, 0.5) is 18.0 Å². The smallest absolute Gasteiger partial charge is 0.416 e. The fourth-order valence-electron chi connectivity index (χ4n) is 2.85. The molecule has 0 bridgehead atoms. The number of piperidine rings is 1. The number of rotatable bonds is 3. The Morgan fingerprint density at radius 1 is 1.11 bits per heavy atom. The number of carbonyl (C=O) groups is 2. The van der Waals surface area contributed by atoms with Crippen LogP contribution in [-0.2, 0) is 20.4 Å². The molecule has 1 amide bonds. The number of methoxy groups -OCH3 is 1. The van der Waals surface area contributed by atoms with Crippen molar-refractivity contribution in [3.8, 4) is 5.75 Å². The highest BCUT2D eigenvalue weighted by molar-refractivity contribution is 5.81. The summed E-state index contributed by atoms with van der Waals surface area (Å²) in [5, 5.41) is 0. The number of alkyl halides is 3. The number of esters is 1. The van der Waals surface area contributed by atoms with Crippen LogP contribution in [0, 0.1) is 0 Å². The van der Waals surface area contributed by atoms with Crippen LogP contribution in [0.5, 0.6) is 5.75 Å². The second-order valence-corrected chi connectivity index (χ2v) is 7.50. The molecular weight excluding hydrogens is 379 g/mol. The molecule has 1 aliphatic heterocycles. The highest BCUT2D eigenvalue weighted by atomic mass is 19.4. The van der Waals surface area contributed by atoms with Crippen molar-refractivity contribution >= 4 is 12.1 Å². The molecule has 0 aromatic heterocycles. The quantitative estimate of drug-likeness (QED) is 0.713. The highest BCUT2D eigenvalue weighted by Gasteiger charge is 2.40. The SMILES string of the molecule is COC(=O)[C@@H]1C[C@H](Oc2ccc(C(F)(F)F)cc2)CCN1C(=O)OC(C)(C)C. The average molecular weight is 403 g/mol. The summed E-state index contributed by atoms with van der Waals surface area (Å²) in [6.07, 6.45) is -4.97. The van der Waals surface area contributed by atoms with Crippen molar-refractivity contribution in [3.63, 3.8) is 0 Å². The fourth-order valence-corrected chi connectivity index (χ4v) is 2.85. The third kappa shape index (κ3) is 5.77. The Morgan fingerprint density at radius 2 is 1.71 bits per heavy atom. The van der Waals surface area contributed by atoms with Crippen LogP contribution in [0.25, 0.3) is 0 Å². The molecule has 0 N–H and O–H groups in total. The zero-order valence-electron chi connectivity index (χ0n) is 16.2. The lowest BCUT2D eigenvalue weighted by atomic mass is 9.99. The minimum atomic E-state index is -4.42. The first kappa shape index (κ1) is 21.8.